The summed E-state index contributed by atoms with van der Waals surface area (Å²) in [7, 11) is 2.19. The van der Waals surface area contributed by atoms with Gasteiger partial charge in [-0.2, -0.15) is 0 Å². The second-order valence-corrected chi connectivity index (χ2v) is 4.40. The van der Waals surface area contributed by atoms with Gasteiger partial charge >= 0.3 is 0 Å². The zero-order valence-corrected chi connectivity index (χ0v) is 9.71. The molecule has 0 rings (SSSR count). The van der Waals surface area contributed by atoms with Crippen LogP contribution in [-0.4, -0.2) is 31.1 Å². The van der Waals surface area contributed by atoms with Crippen molar-refractivity contribution >= 4 is 0 Å². The number of rotatable bonds is 7. The van der Waals surface area contributed by atoms with Crippen LogP contribution in [0.2, 0.25) is 0 Å². The van der Waals surface area contributed by atoms with Gasteiger partial charge in [-0.15, -0.1) is 0 Å². The van der Waals surface area contributed by atoms with Crippen LogP contribution in [0.25, 0.3) is 0 Å². The molecule has 0 saturated heterocycles. The summed E-state index contributed by atoms with van der Waals surface area (Å²) in [6, 6.07) is 0.671. The highest BCUT2D eigenvalue weighted by atomic mass is 15.1. The Morgan fingerprint density at radius 1 is 1.15 bits per heavy atom. The fourth-order valence-corrected chi connectivity index (χ4v) is 1.38. The van der Waals surface area contributed by atoms with E-state index < -0.39 is 0 Å². The van der Waals surface area contributed by atoms with E-state index in [1.807, 2.05) is 0 Å². The van der Waals surface area contributed by atoms with Crippen LogP contribution < -0.4 is 5.73 Å². The summed E-state index contributed by atoms with van der Waals surface area (Å²) in [4.78, 5) is 2.40. The Kier molecular flexibility index (Phi) is 7.29. The lowest BCUT2D eigenvalue weighted by molar-refractivity contribution is 0.261. The maximum atomic E-state index is 5.50. The SMILES string of the molecule is CC(CCN)CCCN(C)C(C)C. The van der Waals surface area contributed by atoms with Crippen molar-refractivity contribution in [3.63, 3.8) is 0 Å². The quantitative estimate of drug-likeness (QED) is 0.659. The molecule has 0 saturated carbocycles. The zero-order valence-electron chi connectivity index (χ0n) is 9.71. The molecule has 0 aromatic heterocycles. The van der Waals surface area contributed by atoms with Gasteiger partial charge in [0.1, 0.15) is 0 Å². The first kappa shape index (κ1) is 12.9. The molecule has 0 spiro atoms. The maximum Gasteiger partial charge on any atom is 0.00355 e. The largest absolute Gasteiger partial charge is 0.330 e. The van der Waals surface area contributed by atoms with E-state index >= 15 is 0 Å². The minimum Gasteiger partial charge on any atom is -0.330 e. The maximum absolute atomic E-state index is 5.50. The highest BCUT2D eigenvalue weighted by molar-refractivity contribution is 4.59. The molecular weight excluding hydrogens is 160 g/mol. The summed E-state index contributed by atoms with van der Waals surface area (Å²) in [6.45, 7) is 8.82. The minimum absolute atomic E-state index is 0.671. The molecule has 0 amide bonds. The minimum atomic E-state index is 0.671. The van der Waals surface area contributed by atoms with Gasteiger partial charge in [0, 0.05) is 6.04 Å². The molecule has 0 radical (unpaired) electrons. The van der Waals surface area contributed by atoms with Crippen LogP contribution in [0.15, 0.2) is 0 Å². The topological polar surface area (TPSA) is 29.3 Å². The molecule has 2 heteroatoms. The van der Waals surface area contributed by atoms with Crippen molar-refractivity contribution in [2.45, 2.75) is 46.1 Å². The molecule has 0 aliphatic rings. The lowest BCUT2D eigenvalue weighted by Crippen LogP contribution is -2.27. The number of nitrogens with zero attached hydrogens (tertiary/aromatic N) is 1. The van der Waals surface area contributed by atoms with Gasteiger partial charge in [-0.05, 0) is 59.2 Å². The van der Waals surface area contributed by atoms with E-state index in [-0.39, 0.29) is 0 Å². The summed E-state index contributed by atoms with van der Waals surface area (Å²) in [5, 5.41) is 0. The molecular formula is C11H26N2. The summed E-state index contributed by atoms with van der Waals surface area (Å²) in [5.74, 6) is 0.797. The summed E-state index contributed by atoms with van der Waals surface area (Å²) in [6.07, 6.45) is 3.79. The first-order valence-electron chi connectivity index (χ1n) is 5.48. The second-order valence-electron chi connectivity index (χ2n) is 4.40. The van der Waals surface area contributed by atoms with Crippen molar-refractivity contribution in [1.82, 2.24) is 4.90 Å². The van der Waals surface area contributed by atoms with Crippen LogP contribution in [-0.2, 0) is 0 Å². The van der Waals surface area contributed by atoms with Crippen LogP contribution >= 0.6 is 0 Å². The zero-order chi connectivity index (χ0) is 10.3. The smallest absolute Gasteiger partial charge is 0.00355 e. The average Bonchev–Trinajstić information content (AvgIpc) is 2.04. The Bertz CT molecular complexity index is 113. The van der Waals surface area contributed by atoms with Crippen LogP contribution in [0.4, 0.5) is 0 Å². The van der Waals surface area contributed by atoms with Crippen LogP contribution in [0.1, 0.15) is 40.0 Å². The molecule has 0 heterocycles. The molecule has 0 aliphatic carbocycles. The van der Waals surface area contributed by atoms with Crippen molar-refractivity contribution in [3.8, 4) is 0 Å². The van der Waals surface area contributed by atoms with Crippen LogP contribution in [0.5, 0.6) is 0 Å². The summed E-state index contributed by atoms with van der Waals surface area (Å²) < 4.78 is 0. The van der Waals surface area contributed by atoms with Gasteiger partial charge in [-0.25, -0.2) is 0 Å². The number of nitrogens with two attached hydrogens (primary N) is 1. The molecule has 0 aromatic carbocycles. The fraction of sp³-hybridized carbons (Fsp3) is 1.00. The highest BCUT2D eigenvalue weighted by Gasteiger charge is 2.04. The Balaban J connectivity index is 3.33. The van der Waals surface area contributed by atoms with Gasteiger partial charge in [-0.3, -0.25) is 0 Å². The fourth-order valence-electron chi connectivity index (χ4n) is 1.38. The monoisotopic (exact) mass is 186 g/mol. The van der Waals surface area contributed by atoms with Crippen molar-refractivity contribution in [2.75, 3.05) is 20.1 Å². The Morgan fingerprint density at radius 3 is 2.23 bits per heavy atom. The Morgan fingerprint density at radius 2 is 1.77 bits per heavy atom. The third kappa shape index (κ3) is 7.03. The highest BCUT2D eigenvalue weighted by Crippen LogP contribution is 2.09. The van der Waals surface area contributed by atoms with E-state index in [9.17, 15) is 0 Å². The van der Waals surface area contributed by atoms with E-state index in [1.54, 1.807) is 0 Å². The van der Waals surface area contributed by atoms with Gasteiger partial charge < -0.3 is 10.6 Å². The molecule has 0 aliphatic heterocycles. The predicted molar refractivity (Wildman–Crippen MR) is 59.8 cm³/mol. The summed E-state index contributed by atoms with van der Waals surface area (Å²) >= 11 is 0. The molecule has 0 fully saturated rings. The molecule has 80 valence electrons. The standard InChI is InChI=1S/C11H26N2/c1-10(2)13(4)9-5-6-11(3)7-8-12/h10-11H,5-9,12H2,1-4H3. The molecule has 1 unspecified atom stereocenters. The Labute approximate surface area is 83.5 Å². The van der Waals surface area contributed by atoms with Gasteiger partial charge in [0.05, 0.1) is 0 Å². The summed E-state index contributed by atoms with van der Waals surface area (Å²) in [5.41, 5.74) is 5.50. The van der Waals surface area contributed by atoms with E-state index in [0.29, 0.717) is 6.04 Å². The molecule has 0 bridgehead atoms. The normalized spacial score (nSPS) is 14.1. The van der Waals surface area contributed by atoms with Gasteiger partial charge in [0.2, 0.25) is 0 Å². The molecule has 2 N–H and O–H groups in total. The van der Waals surface area contributed by atoms with Crippen LogP contribution in [0.3, 0.4) is 0 Å². The molecule has 0 aromatic rings. The van der Waals surface area contributed by atoms with E-state index in [1.165, 1.54) is 25.8 Å². The van der Waals surface area contributed by atoms with Crippen molar-refractivity contribution in [3.05, 3.63) is 0 Å². The van der Waals surface area contributed by atoms with Gasteiger partial charge in [-0.1, -0.05) is 6.92 Å². The molecule has 13 heavy (non-hydrogen) atoms. The van der Waals surface area contributed by atoms with E-state index in [2.05, 4.69) is 32.7 Å². The third-order valence-corrected chi connectivity index (χ3v) is 2.75. The average molecular weight is 186 g/mol. The third-order valence-electron chi connectivity index (χ3n) is 2.75. The van der Waals surface area contributed by atoms with Crippen molar-refractivity contribution in [1.29, 1.82) is 0 Å². The number of hydrogen-bond donors (Lipinski definition) is 1. The first-order valence-corrected chi connectivity index (χ1v) is 5.48. The lowest BCUT2D eigenvalue weighted by Gasteiger charge is -2.21. The van der Waals surface area contributed by atoms with Crippen molar-refractivity contribution < 1.29 is 0 Å². The lowest BCUT2D eigenvalue weighted by atomic mass is 10.0. The predicted octanol–water partition coefficient (Wildman–Crippen LogP) is 2.09. The van der Waals surface area contributed by atoms with Crippen LogP contribution in [0, 0.1) is 5.92 Å². The second kappa shape index (κ2) is 7.34. The van der Waals surface area contributed by atoms with E-state index in [4.69, 9.17) is 5.73 Å². The van der Waals surface area contributed by atoms with Gasteiger partial charge in [0.15, 0.2) is 0 Å². The Hall–Kier alpha value is -0.0800. The number of hydrogen-bond acceptors (Lipinski definition) is 2. The molecule has 1 atom stereocenters. The van der Waals surface area contributed by atoms with Crippen molar-refractivity contribution in [2.24, 2.45) is 11.7 Å². The van der Waals surface area contributed by atoms with E-state index in [0.717, 1.165) is 12.5 Å². The first-order chi connectivity index (χ1) is 6.07. The molecule has 2 nitrogen and oxygen atoms in total. The van der Waals surface area contributed by atoms with Gasteiger partial charge in [0.25, 0.3) is 0 Å².